The van der Waals surface area contributed by atoms with Gasteiger partial charge in [0.1, 0.15) is 0 Å². The van der Waals surface area contributed by atoms with Crippen molar-refractivity contribution in [1.29, 1.82) is 0 Å². The van der Waals surface area contributed by atoms with Gasteiger partial charge in [-0.05, 0) is 0 Å². The molecule has 0 rings (SSSR count). The van der Waals surface area contributed by atoms with Crippen LogP contribution in [0.1, 0.15) is 12.8 Å². The first-order chi connectivity index (χ1) is 9.22. The van der Waals surface area contributed by atoms with E-state index in [2.05, 4.69) is 4.74 Å². The van der Waals surface area contributed by atoms with E-state index in [0.717, 1.165) is 6.08 Å². The van der Waals surface area contributed by atoms with Gasteiger partial charge in [0.2, 0.25) is 0 Å². The first-order valence-corrected chi connectivity index (χ1v) is 5.02. The van der Waals surface area contributed by atoms with Gasteiger partial charge in [-0.15, -0.1) is 0 Å². The molecule has 0 spiro atoms. The molecule has 9 nitrogen and oxygen atoms in total. The number of hydrogen-bond acceptors (Lipinski definition) is 6. The Balaban J connectivity index is 4.47. The quantitative estimate of drug-likeness (QED) is 0.321. The second kappa shape index (κ2) is 8.19. The highest BCUT2D eigenvalue weighted by Crippen LogP contribution is 2.04. The van der Waals surface area contributed by atoms with Crippen LogP contribution >= 0.6 is 0 Å². The molecule has 0 aromatic heterocycles. The molecule has 0 saturated heterocycles. The van der Waals surface area contributed by atoms with Crippen molar-refractivity contribution in [2.75, 3.05) is 0 Å². The van der Waals surface area contributed by atoms with Gasteiger partial charge < -0.3 is 20.1 Å². The minimum absolute atomic E-state index is 0.304. The molecule has 0 amide bonds. The van der Waals surface area contributed by atoms with E-state index in [1.54, 1.807) is 0 Å². The monoisotopic (exact) mass is 286 g/mol. The molecular formula is C11H10O9. The van der Waals surface area contributed by atoms with Crippen LogP contribution in [0.25, 0.3) is 0 Å². The molecule has 0 aromatic carbocycles. The van der Waals surface area contributed by atoms with Gasteiger partial charge in [0, 0.05) is 12.2 Å². The molecule has 3 N–H and O–H groups in total. The Kier molecular flexibility index (Phi) is 6.97. The Morgan fingerprint density at radius 1 is 0.900 bits per heavy atom. The zero-order valence-electron chi connectivity index (χ0n) is 9.94. The Bertz CT molecular complexity index is 498. The fourth-order valence-electron chi connectivity index (χ4n) is 0.954. The van der Waals surface area contributed by atoms with Crippen molar-refractivity contribution in [3.63, 3.8) is 0 Å². The molecule has 20 heavy (non-hydrogen) atoms. The smallest absolute Gasteiger partial charge is 0.332 e. The van der Waals surface area contributed by atoms with Gasteiger partial charge in [0.05, 0.1) is 18.4 Å². The SMILES string of the molecule is O=C(O)C=C(CC(=O)OC(=O)C/C=C/C(=O)O)C(=O)O. The summed E-state index contributed by atoms with van der Waals surface area (Å²) >= 11 is 0. The molecule has 0 radical (unpaired) electrons. The summed E-state index contributed by atoms with van der Waals surface area (Å²) in [5.74, 6) is -6.84. The Labute approximate surface area is 111 Å². The number of aliphatic carboxylic acids is 3. The molecule has 0 bridgehead atoms. The molecule has 0 aromatic rings. The van der Waals surface area contributed by atoms with Crippen LogP contribution in [0.4, 0.5) is 0 Å². The molecule has 0 unspecified atom stereocenters. The average molecular weight is 286 g/mol. The lowest BCUT2D eigenvalue weighted by atomic mass is 10.2. The van der Waals surface area contributed by atoms with E-state index in [-0.39, 0.29) is 0 Å². The van der Waals surface area contributed by atoms with Gasteiger partial charge in [-0.1, -0.05) is 6.08 Å². The van der Waals surface area contributed by atoms with E-state index >= 15 is 0 Å². The third-order valence-electron chi connectivity index (χ3n) is 1.68. The maximum Gasteiger partial charge on any atom is 0.332 e. The van der Waals surface area contributed by atoms with Gasteiger partial charge in [-0.25, -0.2) is 14.4 Å². The highest BCUT2D eigenvalue weighted by atomic mass is 16.6. The number of carbonyl (C=O) groups is 5. The van der Waals surface area contributed by atoms with Crippen LogP contribution in [0, 0.1) is 0 Å². The van der Waals surface area contributed by atoms with Gasteiger partial charge in [0.25, 0.3) is 0 Å². The molecule has 0 aliphatic rings. The third-order valence-corrected chi connectivity index (χ3v) is 1.68. The van der Waals surface area contributed by atoms with E-state index < -0.39 is 48.3 Å². The van der Waals surface area contributed by atoms with Crippen LogP contribution < -0.4 is 0 Å². The summed E-state index contributed by atoms with van der Waals surface area (Å²) in [6.07, 6.45) is 0.499. The zero-order valence-corrected chi connectivity index (χ0v) is 9.94. The second-order valence-corrected chi connectivity index (χ2v) is 3.28. The summed E-state index contributed by atoms with van der Waals surface area (Å²) in [7, 11) is 0. The van der Waals surface area contributed by atoms with Crippen LogP contribution in [-0.2, 0) is 28.7 Å². The van der Waals surface area contributed by atoms with E-state index in [1.807, 2.05) is 0 Å². The van der Waals surface area contributed by atoms with Crippen LogP contribution in [-0.4, -0.2) is 45.2 Å². The van der Waals surface area contributed by atoms with Crippen LogP contribution in [0.15, 0.2) is 23.8 Å². The third kappa shape index (κ3) is 8.17. The highest BCUT2D eigenvalue weighted by molar-refractivity contribution is 5.99. The van der Waals surface area contributed by atoms with Gasteiger partial charge in [-0.3, -0.25) is 9.59 Å². The lowest BCUT2D eigenvalue weighted by molar-refractivity contribution is -0.159. The second-order valence-electron chi connectivity index (χ2n) is 3.28. The topological polar surface area (TPSA) is 155 Å². The Hall–Kier alpha value is -2.97. The molecule has 0 saturated carbocycles. The van der Waals surface area contributed by atoms with E-state index in [4.69, 9.17) is 15.3 Å². The Morgan fingerprint density at radius 2 is 1.50 bits per heavy atom. The van der Waals surface area contributed by atoms with Crippen molar-refractivity contribution >= 4 is 29.8 Å². The molecule has 9 heteroatoms. The molecule has 0 atom stereocenters. The summed E-state index contributed by atoms with van der Waals surface area (Å²) in [6, 6.07) is 0. The number of carboxylic acid groups (broad SMARTS) is 3. The molecule has 0 aliphatic carbocycles. The summed E-state index contributed by atoms with van der Waals surface area (Å²) in [5.41, 5.74) is -0.753. The van der Waals surface area contributed by atoms with Crippen molar-refractivity contribution < 1.29 is 44.0 Å². The number of carbonyl (C=O) groups excluding carboxylic acids is 2. The van der Waals surface area contributed by atoms with E-state index in [0.29, 0.717) is 12.2 Å². The van der Waals surface area contributed by atoms with E-state index in [9.17, 15) is 24.0 Å². The maximum atomic E-state index is 11.2. The van der Waals surface area contributed by atoms with Crippen molar-refractivity contribution in [3.05, 3.63) is 23.8 Å². The molecule has 108 valence electrons. The molecule has 0 fully saturated rings. The minimum atomic E-state index is -1.64. The van der Waals surface area contributed by atoms with Crippen molar-refractivity contribution in [1.82, 2.24) is 0 Å². The Morgan fingerprint density at radius 3 is 1.95 bits per heavy atom. The molecule has 0 aliphatic heterocycles. The summed E-state index contributed by atoms with van der Waals surface area (Å²) < 4.78 is 4.18. The maximum absolute atomic E-state index is 11.2. The number of hydrogen-bond donors (Lipinski definition) is 3. The summed E-state index contributed by atoms with van der Waals surface area (Å²) in [4.78, 5) is 53.2. The van der Waals surface area contributed by atoms with Crippen LogP contribution in [0.5, 0.6) is 0 Å². The van der Waals surface area contributed by atoms with Gasteiger partial charge >= 0.3 is 29.8 Å². The number of carboxylic acids is 3. The first kappa shape index (κ1) is 17.0. The van der Waals surface area contributed by atoms with Gasteiger partial charge in [0.15, 0.2) is 0 Å². The standard InChI is InChI=1S/C11H10O9/c12-7(13)2-1-3-9(16)20-10(17)5-6(11(18)19)4-8(14)15/h1-2,4H,3,5H2,(H,12,13)(H,14,15)(H,18,19)/b2-1+,6-4?. The number of rotatable bonds is 7. The predicted octanol–water partition coefficient (Wildman–Crippen LogP) is -0.427. The van der Waals surface area contributed by atoms with Crippen molar-refractivity contribution in [2.24, 2.45) is 0 Å². The van der Waals surface area contributed by atoms with Crippen molar-refractivity contribution in [3.8, 4) is 0 Å². The lowest BCUT2D eigenvalue weighted by Gasteiger charge is -2.01. The fourth-order valence-corrected chi connectivity index (χ4v) is 0.954. The van der Waals surface area contributed by atoms with E-state index in [1.165, 1.54) is 0 Å². The average Bonchev–Trinajstić information content (AvgIpc) is 2.26. The zero-order chi connectivity index (χ0) is 15.7. The predicted molar refractivity (Wildman–Crippen MR) is 60.5 cm³/mol. The first-order valence-electron chi connectivity index (χ1n) is 5.02. The minimum Gasteiger partial charge on any atom is -0.478 e. The normalized spacial score (nSPS) is 11.1. The largest absolute Gasteiger partial charge is 0.478 e. The number of esters is 2. The van der Waals surface area contributed by atoms with Crippen molar-refractivity contribution in [2.45, 2.75) is 12.8 Å². The molecular weight excluding hydrogens is 276 g/mol. The van der Waals surface area contributed by atoms with Gasteiger partial charge in [-0.2, -0.15) is 0 Å². The summed E-state index contributed by atoms with van der Waals surface area (Å²) in [6.45, 7) is 0. The van der Waals surface area contributed by atoms with Crippen LogP contribution in [0.2, 0.25) is 0 Å². The molecule has 0 heterocycles. The lowest BCUT2D eigenvalue weighted by Crippen LogP contribution is -2.15. The summed E-state index contributed by atoms with van der Waals surface area (Å²) in [5, 5.41) is 25.2. The highest BCUT2D eigenvalue weighted by Gasteiger charge is 2.17. The number of ether oxygens (including phenoxy) is 1. The fraction of sp³-hybridized carbons (Fsp3) is 0.182. The van der Waals surface area contributed by atoms with Crippen LogP contribution in [0.3, 0.4) is 0 Å².